The smallest absolute Gasteiger partial charge is 0.374 e. The van der Waals surface area contributed by atoms with E-state index in [1.54, 1.807) is 0 Å². The number of thiol groups is 1. The second-order valence-corrected chi connectivity index (χ2v) is 7.11. The third-order valence-corrected chi connectivity index (χ3v) is 5.82. The normalized spacial score (nSPS) is 12.0. The Morgan fingerprint density at radius 2 is 1.53 bits per heavy atom. The zero-order valence-electron chi connectivity index (χ0n) is 11.5. The molecule has 0 aliphatic carbocycles. The molecular weight excluding hydrogens is 252 g/mol. The first-order valence-electron chi connectivity index (χ1n) is 6.77. The molecule has 0 aromatic heterocycles. The lowest BCUT2D eigenvalue weighted by Gasteiger charge is -2.28. The molecule has 0 aromatic carbocycles. The molecule has 3 nitrogen and oxygen atoms in total. The van der Waals surface area contributed by atoms with E-state index in [1.807, 2.05) is 13.8 Å². The van der Waals surface area contributed by atoms with Gasteiger partial charge >= 0.3 is 8.80 Å². The molecule has 0 N–H and O–H groups in total. The standard InChI is InChI=1S/C12H28O3SSi/c1-4-7-8-10-15-17(13-5-2,14-6-3)12-9-11-16/h16H,4-12H2,1-3H3. The van der Waals surface area contributed by atoms with Crippen molar-refractivity contribution in [3.8, 4) is 0 Å². The van der Waals surface area contributed by atoms with Crippen molar-refractivity contribution in [2.45, 2.75) is 52.5 Å². The third kappa shape index (κ3) is 8.21. The summed E-state index contributed by atoms with van der Waals surface area (Å²) in [7, 11) is -2.42. The van der Waals surface area contributed by atoms with E-state index in [-0.39, 0.29) is 0 Å². The summed E-state index contributed by atoms with van der Waals surface area (Å²) >= 11 is 4.25. The Bertz CT molecular complexity index is 164. The average molecular weight is 281 g/mol. The highest BCUT2D eigenvalue weighted by atomic mass is 32.1. The summed E-state index contributed by atoms with van der Waals surface area (Å²) in [5, 5.41) is 0. The molecule has 0 saturated carbocycles. The Morgan fingerprint density at radius 3 is 2.00 bits per heavy atom. The first-order chi connectivity index (χ1) is 8.24. The maximum absolute atomic E-state index is 5.98. The van der Waals surface area contributed by atoms with Crippen LogP contribution < -0.4 is 0 Å². The quantitative estimate of drug-likeness (QED) is 0.337. The van der Waals surface area contributed by atoms with E-state index in [9.17, 15) is 0 Å². The fraction of sp³-hybridized carbons (Fsp3) is 1.00. The van der Waals surface area contributed by atoms with Crippen LogP contribution in [0.1, 0.15) is 46.5 Å². The third-order valence-electron chi connectivity index (χ3n) is 2.44. The van der Waals surface area contributed by atoms with Gasteiger partial charge in [0.2, 0.25) is 0 Å². The molecule has 0 aliphatic rings. The first kappa shape index (κ1) is 17.4. The summed E-state index contributed by atoms with van der Waals surface area (Å²) in [6.07, 6.45) is 4.49. The van der Waals surface area contributed by atoms with Gasteiger partial charge in [-0.1, -0.05) is 19.8 Å². The zero-order valence-corrected chi connectivity index (χ0v) is 13.4. The molecule has 17 heavy (non-hydrogen) atoms. The van der Waals surface area contributed by atoms with E-state index < -0.39 is 8.80 Å². The lowest BCUT2D eigenvalue weighted by atomic mass is 10.3. The fourth-order valence-corrected chi connectivity index (χ4v) is 4.74. The van der Waals surface area contributed by atoms with Crippen LogP contribution in [0, 0.1) is 0 Å². The van der Waals surface area contributed by atoms with Crippen LogP contribution in [0.4, 0.5) is 0 Å². The van der Waals surface area contributed by atoms with Gasteiger partial charge in [-0.2, -0.15) is 12.6 Å². The molecule has 0 amide bonds. The van der Waals surface area contributed by atoms with Crippen LogP contribution in [0.3, 0.4) is 0 Å². The van der Waals surface area contributed by atoms with E-state index in [2.05, 4.69) is 19.6 Å². The van der Waals surface area contributed by atoms with Crippen LogP contribution in [0.5, 0.6) is 0 Å². The molecule has 0 saturated heterocycles. The summed E-state index contributed by atoms with van der Waals surface area (Å²) < 4.78 is 17.6. The molecule has 5 heteroatoms. The highest BCUT2D eigenvalue weighted by Gasteiger charge is 2.39. The largest absolute Gasteiger partial charge is 0.500 e. The second kappa shape index (κ2) is 11.5. The highest BCUT2D eigenvalue weighted by Crippen LogP contribution is 2.19. The van der Waals surface area contributed by atoms with Crippen molar-refractivity contribution in [3.05, 3.63) is 0 Å². The van der Waals surface area contributed by atoms with Crippen LogP contribution in [0.15, 0.2) is 0 Å². The van der Waals surface area contributed by atoms with Crippen molar-refractivity contribution in [2.24, 2.45) is 0 Å². The molecule has 0 atom stereocenters. The van der Waals surface area contributed by atoms with Gasteiger partial charge in [0.05, 0.1) is 0 Å². The molecule has 0 radical (unpaired) electrons. The second-order valence-electron chi connectivity index (χ2n) is 3.93. The maximum atomic E-state index is 5.98. The zero-order chi connectivity index (χ0) is 13.0. The van der Waals surface area contributed by atoms with Crippen LogP contribution >= 0.6 is 12.6 Å². The predicted molar refractivity (Wildman–Crippen MR) is 77.8 cm³/mol. The van der Waals surface area contributed by atoms with Gasteiger partial charge in [-0.15, -0.1) is 0 Å². The fourth-order valence-electron chi connectivity index (χ4n) is 1.66. The summed E-state index contributed by atoms with van der Waals surface area (Å²) in [5.74, 6) is 0.854. The Kier molecular flexibility index (Phi) is 11.8. The van der Waals surface area contributed by atoms with Crippen molar-refractivity contribution in [2.75, 3.05) is 25.6 Å². The van der Waals surface area contributed by atoms with Crippen LogP contribution in [-0.4, -0.2) is 34.4 Å². The first-order valence-corrected chi connectivity index (χ1v) is 9.33. The highest BCUT2D eigenvalue weighted by molar-refractivity contribution is 7.80. The lowest BCUT2D eigenvalue weighted by molar-refractivity contribution is 0.0656. The van der Waals surface area contributed by atoms with Gasteiger partial charge < -0.3 is 13.3 Å². The van der Waals surface area contributed by atoms with Gasteiger partial charge in [0.25, 0.3) is 0 Å². The van der Waals surface area contributed by atoms with Crippen molar-refractivity contribution in [3.63, 3.8) is 0 Å². The summed E-state index contributed by atoms with van der Waals surface area (Å²) in [4.78, 5) is 0. The van der Waals surface area contributed by atoms with Crippen molar-refractivity contribution in [1.82, 2.24) is 0 Å². The van der Waals surface area contributed by atoms with E-state index in [4.69, 9.17) is 13.3 Å². The molecule has 0 rings (SSSR count). The molecule has 104 valence electrons. The van der Waals surface area contributed by atoms with E-state index in [0.717, 1.165) is 31.2 Å². The number of unbranched alkanes of at least 4 members (excludes halogenated alkanes) is 2. The molecule has 0 aromatic rings. The number of hydrogen-bond acceptors (Lipinski definition) is 4. The average Bonchev–Trinajstić information content (AvgIpc) is 2.33. The predicted octanol–water partition coefficient (Wildman–Crippen LogP) is 3.53. The van der Waals surface area contributed by atoms with Crippen LogP contribution in [0.2, 0.25) is 6.04 Å². The molecule has 0 aliphatic heterocycles. The van der Waals surface area contributed by atoms with Gasteiger partial charge in [-0.05, 0) is 32.4 Å². The Balaban J connectivity index is 4.20. The minimum atomic E-state index is -2.42. The summed E-state index contributed by atoms with van der Waals surface area (Å²) in [5.41, 5.74) is 0. The SMILES string of the molecule is CCCCCO[Si](CCCS)(OCC)OCC. The minimum absolute atomic E-state index is 0.659. The van der Waals surface area contributed by atoms with Crippen molar-refractivity contribution < 1.29 is 13.3 Å². The Labute approximate surface area is 113 Å². The van der Waals surface area contributed by atoms with Gasteiger partial charge in [-0.25, -0.2) is 0 Å². The van der Waals surface area contributed by atoms with Crippen LogP contribution in [-0.2, 0) is 13.3 Å². The van der Waals surface area contributed by atoms with Crippen LogP contribution in [0.25, 0.3) is 0 Å². The van der Waals surface area contributed by atoms with Gasteiger partial charge in [0, 0.05) is 25.9 Å². The van der Waals surface area contributed by atoms with Gasteiger partial charge in [-0.3, -0.25) is 0 Å². The van der Waals surface area contributed by atoms with Crippen molar-refractivity contribution >= 4 is 21.4 Å². The summed E-state index contributed by atoms with van der Waals surface area (Å²) in [6.45, 7) is 8.26. The maximum Gasteiger partial charge on any atom is 0.500 e. The minimum Gasteiger partial charge on any atom is -0.374 e. The summed E-state index contributed by atoms with van der Waals surface area (Å²) in [6, 6.07) is 0.879. The van der Waals surface area contributed by atoms with E-state index in [0.29, 0.717) is 13.2 Å². The monoisotopic (exact) mass is 280 g/mol. The molecule has 0 fully saturated rings. The molecule has 0 bridgehead atoms. The Hall–Kier alpha value is 0.447. The van der Waals surface area contributed by atoms with E-state index in [1.165, 1.54) is 12.8 Å². The molecular formula is C12H28O3SSi. The molecule has 0 spiro atoms. The molecule has 0 heterocycles. The Morgan fingerprint density at radius 1 is 0.882 bits per heavy atom. The van der Waals surface area contributed by atoms with E-state index >= 15 is 0 Å². The van der Waals surface area contributed by atoms with Gasteiger partial charge in [0.1, 0.15) is 0 Å². The van der Waals surface area contributed by atoms with Crippen molar-refractivity contribution in [1.29, 1.82) is 0 Å². The molecule has 0 unspecified atom stereocenters. The lowest BCUT2D eigenvalue weighted by Crippen LogP contribution is -2.46. The topological polar surface area (TPSA) is 27.7 Å². The van der Waals surface area contributed by atoms with Gasteiger partial charge in [0.15, 0.2) is 0 Å². The number of hydrogen-bond donors (Lipinski definition) is 1. The number of rotatable bonds is 12.